The molecule has 2 aromatic rings. The van der Waals surface area contributed by atoms with Gasteiger partial charge in [0.15, 0.2) is 11.5 Å². The number of nitrogens with zero attached hydrogens (tertiary/aromatic N) is 4. The third-order valence-electron chi connectivity index (χ3n) is 14.7. The zero-order chi connectivity index (χ0) is 45.6. The standard InChI is InChI=1S/C44H54F4N6O8S/c1-6-24-32-21-54(33(24)30(55)19-43(18-27(43)36(45)46)39(57)53-63(59,60)42(5)13-14-42)38(56)35(41(2,3)4)52-40(58)62-31-17-23-16-26(23)25(31)9-7-8-12-44(47,48)34-37(61-32)51-29-15-22(20-49)10-11-28(29)50-34/h10-11,15,23-27,31-33,35-36H,6-9,12-14,16-19,21H2,1-5H3,(H,52,58)(H,53,57)/t23-,24+,25+,26-,27-,31+,32-,33-,35+,43+/m0/s1. The molecule has 2 bridgehead atoms. The molecule has 1 aromatic carbocycles. The van der Waals surface area contributed by atoms with E-state index in [1.165, 1.54) is 25.1 Å². The fourth-order valence-corrected chi connectivity index (χ4v) is 11.7. The second-order valence-corrected chi connectivity index (χ2v) is 22.3. The average Bonchev–Trinajstić information content (AvgIpc) is 4.17. The number of amides is 3. The lowest BCUT2D eigenvalue weighted by Gasteiger charge is -2.36. The first-order valence-electron chi connectivity index (χ1n) is 21.9. The maximum absolute atomic E-state index is 16.6. The zero-order valence-electron chi connectivity index (χ0n) is 36.0. The summed E-state index contributed by atoms with van der Waals surface area (Å²) in [4.78, 5) is 67.4. The second-order valence-electron chi connectivity index (χ2n) is 20.1. The quantitative estimate of drug-likeness (QED) is 0.273. The number of rotatable bonds is 8. The summed E-state index contributed by atoms with van der Waals surface area (Å²) in [6, 6.07) is 3.36. The first kappa shape index (κ1) is 45.0. The monoisotopic (exact) mass is 902 g/mol. The summed E-state index contributed by atoms with van der Waals surface area (Å²) in [5.74, 6) is -9.13. The number of alkyl carbamates (subject to hydrolysis) is 1. The Morgan fingerprint density at radius 1 is 1.05 bits per heavy atom. The van der Waals surface area contributed by atoms with Crippen molar-refractivity contribution in [2.45, 2.75) is 147 Å². The summed E-state index contributed by atoms with van der Waals surface area (Å²) in [6.07, 6.45) is -4.50. The van der Waals surface area contributed by atoms with Crippen molar-refractivity contribution in [2.75, 3.05) is 6.54 Å². The van der Waals surface area contributed by atoms with Crippen molar-refractivity contribution >= 4 is 44.7 Å². The van der Waals surface area contributed by atoms with Crippen molar-refractivity contribution < 1.29 is 54.6 Å². The van der Waals surface area contributed by atoms with E-state index in [2.05, 4.69) is 15.3 Å². The Labute approximate surface area is 363 Å². The Morgan fingerprint density at radius 3 is 2.41 bits per heavy atom. The summed E-state index contributed by atoms with van der Waals surface area (Å²) < 4.78 is 101. The maximum Gasteiger partial charge on any atom is 0.408 e. The van der Waals surface area contributed by atoms with Crippen molar-refractivity contribution in [1.82, 2.24) is 24.9 Å². The lowest BCUT2D eigenvalue weighted by atomic mass is 9.84. The first-order chi connectivity index (χ1) is 29.5. The number of carbonyl (C=O) groups excluding carboxylic acids is 4. The van der Waals surface area contributed by atoms with Crippen LogP contribution >= 0.6 is 0 Å². The molecule has 0 unspecified atom stereocenters. The topological polar surface area (TPSA) is 198 Å². The molecule has 3 heterocycles. The lowest BCUT2D eigenvalue weighted by molar-refractivity contribution is -0.143. The van der Waals surface area contributed by atoms with Gasteiger partial charge in [0, 0.05) is 24.7 Å². The summed E-state index contributed by atoms with van der Waals surface area (Å²) in [6.45, 7) is 7.75. The number of ether oxygens (including phenoxy) is 2. The van der Waals surface area contributed by atoms with E-state index in [0.29, 0.717) is 25.2 Å². The van der Waals surface area contributed by atoms with E-state index in [1.54, 1.807) is 27.7 Å². The van der Waals surface area contributed by atoms with E-state index < -0.39 is 135 Å². The molecule has 4 aliphatic carbocycles. The smallest absolute Gasteiger partial charge is 0.408 e. The molecule has 2 aliphatic heterocycles. The number of nitrogens with one attached hydrogen (secondary N) is 2. The molecule has 4 saturated carbocycles. The molecule has 3 amide bonds. The van der Waals surface area contributed by atoms with Crippen molar-refractivity contribution in [1.29, 1.82) is 5.26 Å². The van der Waals surface area contributed by atoms with Crippen LogP contribution in [-0.2, 0) is 35.1 Å². The van der Waals surface area contributed by atoms with Gasteiger partial charge in [-0.15, -0.1) is 0 Å². The van der Waals surface area contributed by atoms with Gasteiger partial charge >= 0.3 is 6.09 Å². The largest absolute Gasteiger partial charge is 0.471 e. The molecule has 8 rings (SSSR count). The van der Waals surface area contributed by atoms with Crippen LogP contribution in [0.25, 0.3) is 11.0 Å². The molecule has 0 radical (unpaired) electrons. The molecule has 0 spiro atoms. The van der Waals surface area contributed by atoms with E-state index in [4.69, 9.17) is 9.47 Å². The van der Waals surface area contributed by atoms with Crippen LogP contribution in [0.4, 0.5) is 22.4 Å². The highest BCUT2D eigenvalue weighted by Gasteiger charge is 2.67. The van der Waals surface area contributed by atoms with Gasteiger partial charge in [-0.05, 0) is 99.7 Å². The summed E-state index contributed by atoms with van der Waals surface area (Å²) in [5, 5.41) is 12.3. The van der Waals surface area contributed by atoms with Crippen LogP contribution in [0, 0.1) is 51.8 Å². The van der Waals surface area contributed by atoms with Crippen molar-refractivity contribution in [3.05, 3.63) is 29.5 Å². The Kier molecular flexibility index (Phi) is 11.3. The van der Waals surface area contributed by atoms with Gasteiger partial charge in [0.2, 0.25) is 34.1 Å². The minimum atomic E-state index is -4.29. The Hall–Kier alpha value is -4.60. The predicted molar refractivity (Wildman–Crippen MR) is 218 cm³/mol. The number of nitriles is 1. The van der Waals surface area contributed by atoms with Gasteiger partial charge in [0.1, 0.15) is 18.2 Å². The Balaban J connectivity index is 1.20. The van der Waals surface area contributed by atoms with Crippen molar-refractivity contribution in [3.8, 4) is 11.9 Å². The summed E-state index contributed by atoms with van der Waals surface area (Å²) in [7, 11) is -4.29. The Morgan fingerprint density at radius 2 is 1.78 bits per heavy atom. The molecule has 19 heteroatoms. The molecular weight excluding hydrogens is 849 g/mol. The molecule has 14 nitrogen and oxygen atoms in total. The van der Waals surface area contributed by atoms with Gasteiger partial charge in [-0.1, -0.05) is 34.1 Å². The molecule has 1 saturated heterocycles. The number of sulfonamides is 1. The highest BCUT2D eigenvalue weighted by molar-refractivity contribution is 7.91. The first-order valence-corrected chi connectivity index (χ1v) is 23.4. The van der Waals surface area contributed by atoms with E-state index in [9.17, 15) is 36.8 Å². The predicted octanol–water partition coefficient (Wildman–Crippen LogP) is 6.55. The fourth-order valence-electron chi connectivity index (χ4n) is 10.4. The van der Waals surface area contributed by atoms with Gasteiger partial charge in [-0.2, -0.15) is 14.0 Å². The van der Waals surface area contributed by atoms with Gasteiger partial charge in [0.25, 0.3) is 5.92 Å². The van der Waals surface area contributed by atoms with Crippen molar-refractivity contribution in [3.63, 3.8) is 0 Å². The average molecular weight is 903 g/mol. The number of hydrogen-bond acceptors (Lipinski definition) is 11. The molecule has 6 aliphatic rings. The molecule has 10 atom stereocenters. The van der Waals surface area contributed by atoms with E-state index in [0.717, 1.165) is 11.3 Å². The summed E-state index contributed by atoms with van der Waals surface area (Å²) >= 11 is 0. The SMILES string of the molecule is CC[C@@H]1[C@@H]2CN(C(=O)[C@H](C(C)(C)C)NC(=O)O[C@@H]3C[C@@H]4C[C@@H]4[C@H]3CCCCC(F)(F)c3nc4ccc(C#N)cc4nc3O2)[C@@H]1C(=O)C[C@]1(C(=O)NS(=O)(=O)C2(C)CC2)C[C@H]1C(F)F. The number of halogens is 4. The number of carbonyl (C=O) groups is 4. The number of hydrogen-bond donors (Lipinski definition) is 2. The maximum atomic E-state index is 16.6. The number of Topliss-reactive ketones (excluding diaryl/α,β-unsaturated/α-hetero) is 1. The van der Waals surface area contributed by atoms with Gasteiger partial charge in [-0.25, -0.2) is 32.0 Å². The number of benzene rings is 1. The van der Waals surface area contributed by atoms with Crippen LogP contribution < -0.4 is 14.8 Å². The van der Waals surface area contributed by atoms with Crippen molar-refractivity contribution in [2.24, 2.45) is 40.4 Å². The number of fused-ring (bicyclic) bond motifs is 7. The van der Waals surface area contributed by atoms with Crippen LogP contribution in [0.3, 0.4) is 0 Å². The Bertz CT molecular complexity index is 2370. The van der Waals surface area contributed by atoms with E-state index in [1.807, 2.05) is 10.8 Å². The highest BCUT2D eigenvalue weighted by atomic mass is 32.2. The molecule has 342 valence electrons. The second kappa shape index (κ2) is 15.8. The highest BCUT2D eigenvalue weighted by Crippen LogP contribution is 2.60. The number of aromatic nitrogens is 2. The molecular formula is C44H54F4N6O8S. The van der Waals surface area contributed by atoms with Crippen LogP contribution in [-0.4, -0.2) is 89.0 Å². The lowest BCUT2D eigenvalue weighted by Crippen LogP contribution is -2.58. The molecule has 2 N–H and O–H groups in total. The van der Waals surface area contributed by atoms with Crippen LogP contribution in [0.2, 0.25) is 0 Å². The van der Waals surface area contributed by atoms with E-state index in [-0.39, 0.29) is 54.1 Å². The fraction of sp³-hybridized carbons (Fsp3) is 0.705. The van der Waals surface area contributed by atoms with E-state index >= 15 is 13.6 Å². The number of alkyl halides is 4. The normalized spacial score (nSPS) is 33.6. The summed E-state index contributed by atoms with van der Waals surface area (Å²) in [5.41, 5.74) is -3.56. The van der Waals surface area contributed by atoms with Gasteiger partial charge in [0.05, 0.1) is 45.4 Å². The van der Waals surface area contributed by atoms with Crippen LogP contribution in [0.15, 0.2) is 18.2 Å². The third-order valence-corrected chi connectivity index (χ3v) is 16.9. The minimum absolute atomic E-state index is 0.0662. The molecule has 5 fully saturated rings. The molecule has 63 heavy (non-hydrogen) atoms. The zero-order valence-corrected chi connectivity index (χ0v) is 36.8. The van der Waals surface area contributed by atoms with Gasteiger partial charge < -0.3 is 19.7 Å². The van der Waals surface area contributed by atoms with Crippen LogP contribution in [0.5, 0.6) is 5.88 Å². The van der Waals surface area contributed by atoms with Gasteiger partial charge in [-0.3, -0.25) is 19.1 Å². The molecule has 1 aromatic heterocycles. The van der Waals surface area contributed by atoms with Crippen LogP contribution in [0.1, 0.15) is 117 Å². The minimum Gasteiger partial charge on any atom is -0.471 e. The number of ketones is 1. The third kappa shape index (κ3) is 8.33.